The SMILES string of the molecule is Nc1ccsc1-c1nc(CSc2ccc(Cl)cc2)no1. The number of nitrogens with zero attached hydrogens (tertiary/aromatic N) is 2. The van der Waals surface area contributed by atoms with Crippen LogP contribution in [0.15, 0.2) is 45.1 Å². The zero-order valence-electron chi connectivity index (χ0n) is 10.2. The summed E-state index contributed by atoms with van der Waals surface area (Å²) >= 11 is 8.96. The molecular weight excluding hydrogens is 314 g/mol. The van der Waals surface area contributed by atoms with E-state index in [2.05, 4.69) is 10.1 Å². The number of anilines is 1. The number of thioether (sulfide) groups is 1. The van der Waals surface area contributed by atoms with Crippen LogP contribution in [0.25, 0.3) is 10.8 Å². The number of nitrogens with two attached hydrogens (primary N) is 1. The first kappa shape index (κ1) is 13.5. The van der Waals surface area contributed by atoms with Gasteiger partial charge in [-0.2, -0.15) is 4.98 Å². The minimum atomic E-state index is 0.476. The Hall–Kier alpha value is -1.50. The second kappa shape index (κ2) is 5.87. The minimum absolute atomic E-state index is 0.476. The maximum atomic E-state index is 5.84. The van der Waals surface area contributed by atoms with Gasteiger partial charge in [-0.25, -0.2) is 0 Å². The summed E-state index contributed by atoms with van der Waals surface area (Å²) in [6.07, 6.45) is 0. The first-order chi connectivity index (χ1) is 9.72. The summed E-state index contributed by atoms with van der Waals surface area (Å²) < 4.78 is 5.23. The monoisotopic (exact) mass is 323 g/mol. The molecule has 0 radical (unpaired) electrons. The number of halogens is 1. The van der Waals surface area contributed by atoms with Crippen molar-refractivity contribution in [3.05, 3.63) is 46.6 Å². The molecule has 4 nitrogen and oxygen atoms in total. The molecule has 0 aliphatic heterocycles. The molecule has 0 spiro atoms. The topological polar surface area (TPSA) is 64.9 Å². The molecule has 0 atom stereocenters. The van der Waals surface area contributed by atoms with Crippen molar-refractivity contribution < 1.29 is 4.52 Å². The lowest BCUT2D eigenvalue weighted by Crippen LogP contribution is -1.86. The fourth-order valence-corrected chi connectivity index (χ4v) is 3.18. The van der Waals surface area contributed by atoms with Gasteiger partial charge in [-0.05, 0) is 35.7 Å². The zero-order chi connectivity index (χ0) is 13.9. The average molecular weight is 324 g/mol. The van der Waals surface area contributed by atoms with Crippen LogP contribution in [0.5, 0.6) is 0 Å². The summed E-state index contributed by atoms with van der Waals surface area (Å²) in [5, 5.41) is 6.59. The van der Waals surface area contributed by atoms with Crippen LogP contribution >= 0.6 is 34.7 Å². The van der Waals surface area contributed by atoms with E-state index >= 15 is 0 Å². The maximum Gasteiger partial charge on any atom is 0.270 e. The van der Waals surface area contributed by atoms with Crippen molar-refractivity contribution in [3.8, 4) is 10.8 Å². The lowest BCUT2D eigenvalue weighted by molar-refractivity contribution is 0.426. The van der Waals surface area contributed by atoms with Crippen LogP contribution in [0.2, 0.25) is 5.02 Å². The van der Waals surface area contributed by atoms with Crippen LogP contribution in [0.4, 0.5) is 5.69 Å². The molecule has 0 unspecified atom stereocenters. The van der Waals surface area contributed by atoms with Gasteiger partial charge >= 0.3 is 0 Å². The van der Waals surface area contributed by atoms with Gasteiger partial charge in [0.25, 0.3) is 5.89 Å². The van der Waals surface area contributed by atoms with Gasteiger partial charge in [0.05, 0.1) is 11.4 Å². The second-order valence-electron chi connectivity index (χ2n) is 3.96. The van der Waals surface area contributed by atoms with Crippen molar-refractivity contribution >= 4 is 40.4 Å². The van der Waals surface area contributed by atoms with Gasteiger partial charge in [0, 0.05) is 9.92 Å². The van der Waals surface area contributed by atoms with Crippen molar-refractivity contribution in [2.24, 2.45) is 0 Å². The van der Waals surface area contributed by atoms with E-state index in [1.54, 1.807) is 11.8 Å². The van der Waals surface area contributed by atoms with E-state index in [9.17, 15) is 0 Å². The first-order valence-electron chi connectivity index (χ1n) is 5.76. The van der Waals surface area contributed by atoms with Crippen LogP contribution in [-0.4, -0.2) is 10.1 Å². The molecule has 0 fully saturated rings. The number of thiophene rings is 1. The van der Waals surface area contributed by atoms with Gasteiger partial charge in [-0.3, -0.25) is 0 Å². The predicted molar refractivity (Wildman–Crippen MR) is 83.0 cm³/mol. The van der Waals surface area contributed by atoms with Gasteiger partial charge in [0.2, 0.25) is 0 Å². The molecule has 102 valence electrons. The molecule has 1 aromatic carbocycles. The number of hydrogen-bond donors (Lipinski definition) is 1. The third-order valence-electron chi connectivity index (χ3n) is 2.54. The Labute approximate surface area is 129 Å². The highest BCUT2D eigenvalue weighted by Crippen LogP contribution is 2.31. The van der Waals surface area contributed by atoms with Crippen LogP contribution < -0.4 is 5.73 Å². The number of nitrogen functional groups attached to an aromatic ring is 1. The third-order valence-corrected chi connectivity index (χ3v) is 4.72. The fraction of sp³-hybridized carbons (Fsp3) is 0.0769. The molecule has 0 aliphatic carbocycles. The Morgan fingerprint density at radius 1 is 1.25 bits per heavy atom. The summed E-state index contributed by atoms with van der Waals surface area (Å²) in [5.41, 5.74) is 6.49. The molecule has 3 aromatic rings. The normalized spacial score (nSPS) is 10.8. The summed E-state index contributed by atoms with van der Waals surface area (Å²) in [6.45, 7) is 0. The lowest BCUT2D eigenvalue weighted by Gasteiger charge is -1.97. The minimum Gasteiger partial charge on any atom is -0.397 e. The number of rotatable bonds is 4. The highest BCUT2D eigenvalue weighted by Gasteiger charge is 2.13. The summed E-state index contributed by atoms with van der Waals surface area (Å²) in [4.78, 5) is 6.28. The molecule has 2 N–H and O–H groups in total. The number of aromatic nitrogens is 2. The zero-order valence-corrected chi connectivity index (χ0v) is 12.6. The van der Waals surface area contributed by atoms with Gasteiger partial charge in [0.1, 0.15) is 4.88 Å². The Kier molecular flexibility index (Phi) is 3.95. The van der Waals surface area contributed by atoms with E-state index in [-0.39, 0.29) is 0 Å². The molecule has 0 amide bonds. The van der Waals surface area contributed by atoms with Crippen molar-refractivity contribution in [1.29, 1.82) is 0 Å². The average Bonchev–Trinajstić information content (AvgIpc) is 3.06. The number of hydrogen-bond acceptors (Lipinski definition) is 6. The maximum absolute atomic E-state index is 5.84. The van der Waals surface area contributed by atoms with E-state index in [1.165, 1.54) is 11.3 Å². The molecule has 20 heavy (non-hydrogen) atoms. The Bertz CT molecular complexity index is 708. The van der Waals surface area contributed by atoms with E-state index < -0.39 is 0 Å². The smallest absolute Gasteiger partial charge is 0.270 e. The molecule has 0 bridgehead atoms. The van der Waals surface area contributed by atoms with E-state index in [4.69, 9.17) is 21.9 Å². The molecule has 0 saturated heterocycles. The van der Waals surface area contributed by atoms with Crippen molar-refractivity contribution in [1.82, 2.24) is 10.1 Å². The largest absolute Gasteiger partial charge is 0.397 e. The van der Waals surface area contributed by atoms with Gasteiger partial charge in [0.15, 0.2) is 5.82 Å². The van der Waals surface area contributed by atoms with Crippen molar-refractivity contribution in [3.63, 3.8) is 0 Å². The lowest BCUT2D eigenvalue weighted by atomic mass is 10.4. The fourth-order valence-electron chi connectivity index (χ4n) is 1.58. The first-order valence-corrected chi connectivity index (χ1v) is 8.01. The summed E-state index contributed by atoms with van der Waals surface area (Å²) in [7, 11) is 0. The Balaban J connectivity index is 1.69. The second-order valence-corrected chi connectivity index (χ2v) is 6.36. The molecule has 3 rings (SSSR count). The van der Waals surface area contributed by atoms with E-state index in [1.807, 2.05) is 35.7 Å². The quantitative estimate of drug-likeness (QED) is 0.724. The van der Waals surface area contributed by atoms with Crippen molar-refractivity contribution in [2.75, 3.05) is 5.73 Å². The highest BCUT2D eigenvalue weighted by molar-refractivity contribution is 7.98. The van der Waals surface area contributed by atoms with Crippen LogP contribution in [0.1, 0.15) is 5.82 Å². The highest BCUT2D eigenvalue weighted by atomic mass is 35.5. The molecule has 0 aliphatic rings. The molecule has 2 heterocycles. The summed E-state index contributed by atoms with van der Waals surface area (Å²) in [6, 6.07) is 9.47. The van der Waals surface area contributed by atoms with Crippen LogP contribution in [0.3, 0.4) is 0 Å². The van der Waals surface area contributed by atoms with Crippen LogP contribution in [-0.2, 0) is 5.75 Å². The Morgan fingerprint density at radius 2 is 2.05 bits per heavy atom. The Morgan fingerprint density at radius 3 is 2.75 bits per heavy atom. The van der Waals surface area contributed by atoms with Crippen molar-refractivity contribution in [2.45, 2.75) is 10.6 Å². The summed E-state index contributed by atoms with van der Waals surface area (Å²) in [5.74, 6) is 1.76. The van der Waals surface area contributed by atoms with Gasteiger partial charge in [-0.1, -0.05) is 16.8 Å². The van der Waals surface area contributed by atoms with Crippen LogP contribution in [0, 0.1) is 0 Å². The number of benzene rings is 1. The predicted octanol–water partition coefficient (Wildman–Crippen LogP) is 4.33. The van der Waals surface area contributed by atoms with Gasteiger partial charge < -0.3 is 10.3 Å². The van der Waals surface area contributed by atoms with Gasteiger partial charge in [-0.15, -0.1) is 23.1 Å². The third kappa shape index (κ3) is 2.98. The molecular formula is C13H10ClN3OS2. The molecule has 7 heteroatoms. The molecule has 2 aromatic heterocycles. The standard InChI is InChI=1S/C13H10ClN3OS2/c14-8-1-3-9(4-2-8)20-7-11-16-13(18-17-11)12-10(15)5-6-19-12/h1-6H,7,15H2. The van der Waals surface area contributed by atoms with E-state index in [0.717, 1.165) is 14.8 Å². The van der Waals surface area contributed by atoms with E-state index in [0.29, 0.717) is 23.2 Å². The molecule has 0 saturated carbocycles.